The van der Waals surface area contributed by atoms with E-state index in [0.29, 0.717) is 13.2 Å². The second-order valence-corrected chi connectivity index (χ2v) is 4.21. The highest BCUT2D eigenvalue weighted by atomic mass is 19.4. The zero-order chi connectivity index (χ0) is 16.4. The van der Waals surface area contributed by atoms with E-state index in [-0.39, 0.29) is 31.5 Å². The van der Waals surface area contributed by atoms with Crippen LogP contribution in [0.15, 0.2) is 12.3 Å². The summed E-state index contributed by atoms with van der Waals surface area (Å²) in [7, 11) is 1.56. The molecule has 1 heterocycles. The van der Waals surface area contributed by atoms with Crippen LogP contribution in [0.25, 0.3) is 0 Å². The molecule has 0 saturated heterocycles. The Labute approximate surface area is 125 Å². The molecule has 22 heavy (non-hydrogen) atoms. The first-order valence-corrected chi connectivity index (χ1v) is 6.54. The molecule has 1 aromatic rings. The number of hydrogen-bond donors (Lipinski definition) is 3. The van der Waals surface area contributed by atoms with Crippen LogP contribution in [0.5, 0.6) is 0 Å². The molecule has 1 aromatic heterocycles. The first-order valence-electron chi connectivity index (χ1n) is 6.54. The van der Waals surface area contributed by atoms with Gasteiger partial charge in [0.1, 0.15) is 5.69 Å². The zero-order valence-electron chi connectivity index (χ0n) is 12.0. The maximum absolute atomic E-state index is 12.4. The highest BCUT2D eigenvalue weighted by Gasteiger charge is 2.32. The summed E-state index contributed by atoms with van der Waals surface area (Å²) in [6, 6.07) is 0.790. The molecule has 0 aliphatic heterocycles. The monoisotopic (exact) mass is 321 g/mol. The second kappa shape index (κ2) is 9.15. The number of halogens is 3. The van der Waals surface area contributed by atoms with Crippen molar-refractivity contribution in [2.24, 2.45) is 0 Å². The summed E-state index contributed by atoms with van der Waals surface area (Å²) in [5, 5.41) is 8.07. The van der Waals surface area contributed by atoms with E-state index in [1.807, 2.05) is 0 Å². The standard InChI is InChI=1S/C12H18F3N5O2/c1-22-7-6-16-8-10(21)17-4-5-19-11-18-3-2-9(20-11)12(13,14)15/h2-3,16H,4-8H2,1H3,(H,17,21)(H,18,19,20). The maximum atomic E-state index is 12.4. The van der Waals surface area contributed by atoms with Crippen molar-refractivity contribution in [3.05, 3.63) is 18.0 Å². The van der Waals surface area contributed by atoms with Crippen LogP contribution in [0.3, 0.4) is 0 Å². The summed E-state index contributed by atoms with van der Waals surface area (Å²) in [5.74, 6) is -0.356. The first kappa shape index (κ1) is 18.1. The van der Waals surface area contributed by atoms with Crippen LogP contribution in [0.2, 0.25) is 0 Å². The van der Waals surface area contributed by atoms with Crippen LogP contribution >= 0.6 is 0 Å². The van der Waals surface area contributed by atoms with Crippen molar-refractivity contribution in [2.45, 2.75) is 6.18 Å². The third-order valence-electron chi connectivity index (χ3n) is 2.44. The first-order chi connectivity index (χ1) is 10.4. The predicted molar refractivity (Wildman–Crippen MR) is 73.3 cm³/mol. The van der Waals surface area contributed by atoms with Crippen LogP contribution in [-0.2, 0) is 15.7 Å². The fraction of sp³-hybridized carbons (Fsp3) is 0.583. The quantitative estimate of drug-likeness (QED) is 0.566. The zero-order valence-corrected chi connectivity index (χ0v) is 12.0. The van der Waals surface area contributed by atoms with Gasteiger partial charge in [-0.05, 0) is 6.07 Å². The van der Waals surface area contributed by atoms with E-state index < -0.39 is 11.9 Å². The Hall–Kier alpha value is -1.94. The van der Waals surface area contributed by atoms with Gasteiger partial charge in [0.25, 0.3) is 0 Å². The van der Waals surface area contributed by atoms with E-state index in [9.17, 15) is 18.0 Å². The molecular weight excluding hydrogens is 303 g/mol. The number of nitrogens with one attached hydrogen (secondary N) is 3. The lowest BCUT2D eigenvalue weighted by atomic mass is 10.4. The molecule has 0 saturated carbocycles. The molecule has 1 rings (SSSR count). The van der Waals surface area contributed by atoms with E-state index in [4.69, 9.17) is 4.74 Å². The molecule has 7 nitrogen and oxygen atoms in total. The highest BCUT2D eigenvalue weighted by Crippen LogP contribution is 2.27. The molecule has 0 bridgehead atoms. The Balaban J connectivity index is 2.23. The number of hydrogen-bond acceptors (Lipinski definition) is 6. The summed E-state index contributed by atoms with van der Waals surface area (Å²) < 4.78 is 42.1. The normalized spacial score (nSPS) is 11.3. The minimum Gasteiger partial charge on any atom is -0.383 e. The number of alkyl halides is 3. The van der Waals surface area contributed by atoms with E-state index in [1.165, 1.54) is 0 Å². The van der Waals surface area contributed by atoms with Gasteiger partial charge >= 0.3 is 6.18 Å². The van der Waals surface area contributed by atoms with Gasteiger partial charge < -0.3 is 20.7 Å². The Morgan fingerprint density at radius 2 is 2.09 bits per heavy atom. The van der Waals surface area contributed by atoms with E-state index >= 15 is 0 Å². The van der Waals surface area contributed by atoms with Crippen molar-refractivity contribution in [1.29, 1.82) is 0 Å². The summed E-state index contributed by atoms with van der Waals surface area (Å²) in [6.45, 7) is 1.65. The van der Waals surface area contributed by atoms with Gasteiger partial charge in [-0.25, -0.2) is 9.97 Å². The van der Waals surface area contributed by atoms with E-state index in [2.05, 4.69) is 25.9 Å². The lowest BCUT2D eigenvalue weighted by Crippen LogP contribution is -2.37. The fourth-order valence-corrected chi connectivity index (χ4v) is 1.42. The number of carbonyl (C=O) groups excluding carboxylic acids is 1. The SMILES string of the molecule is COCCNCC(=O)NCCNc1nccc(C(F)(F)F)n1. The number of methoxy groups -OCH3 is 1. The Morgan fingerprint density at radius 1 is 1.32 bits per heavy atom. The fourth-order valence-electron chi connectivity index (χ4n) is 1.42. The van der Waals surface area contributed by atoms with Crippen molar-refractivity contribution in [3.8, 4) is 0 Å². The van der Waals surface area contributed by atoms with Gasteiger partial charge in [-0.1, -0.05) is 0 Å². The minimum absolute atomic E-state index is 0.137. The average molecular weight is 321 g/mol. The molecule has 0 radical (unpaired) electrons. The van der Waals surface area contributed by atoms with Gasteiger partial charge in [-0.3, -0.25) is 4.79 Å². The number of aromatic nitrogens is 2. The van der Waals surface area contributed by atoms with Gasteiger partial charge in [0.05, 0.1) is 13.2 Å². The van der Waals surface area contributed by atoms with Crippen LogP contribution in [0.1, 0.15) is 5.69 Å². The van der Waals surface area contributed by atoms with Gasteiger partial charge in [0.2, 0.25) is 11.9 Å². The van der Waals surface area contributed by atoms with Gasteiger partial charge in [-0.15, -0.1) is 0 Å². The molecule has 0 aromatic carbocycles. The Bertz CT molecular complexity index is 470. The highest BCUT2D eigenvalue weighted by molar-refractivity contribution is 5.77. The van der Waals surface area contributed by atoms with E-state index in [0.717, 1.165) is 12.3 Å². The number of carbonyl (C=O) groups is 1. The van der Waals surface area contributed by atoms with Crippen molar-refractivity contribution >= 4 is 11.9 Å². The lowest BCUT2D eigenvalue weighted by Gasteiger charge is -2.09. The van der Waals surface area contributed by atoms with Crippen molar-refractivity contribution < 1.29 is 22.7 Å². The summed E-state index contributed by atoms with van der Waals surface area (Å²) in [6.07, 6.45) is -3.49. The molecule has 3 N–H and O–H groups in total. The summed E-state index contributed by atoms with van der Waals surface area (Å²) in [5.41, 5.74) is -1.02. The smallest absolute Gasteiger partial charge is 0.383 e. The number of amides is 1. The third-order valence-corrected chi connectivity index (χ3v) is 2.44. The molecule has 10 heteroatoms. The number of nitrogens with zero attached hydrogens (tertiary/aromatic N) is 2. The molecule has 0 spiro atoms. The van der Waals surface area contributed by atoms with Crippen LogP contribution in [-0.4, -0.2) is 55.8 Å². The largest absolute Gasteiger partial charge is 0.433 e. The number of rotatable bonds is 9. The maximum Gasteiger partial charge on any atom is 0.433 e. The lowest BCUT2D eigenvalue weighted by molar-refractivity contribution is -0.141. The predicted octanol–water partition coefficient (Wildman–Crippen LogP) is 0.259. The molecule has 0 fully saturated rings. The number of ether oxygens (including phenoxy) is 1. The van der Waals surface area contributed by atoms with Crippen LogP contribution < -0.4 is 16.0 Å². The molecule has 1 amide bonds. The third kappa shape index (κ3) is 7.18. The van der Waals surface area contributed by atoms with Crippen molar-refractivity contribution in [3.63, 3.8) is 0 Å². The summed E-state index contributed by atoms with van der Waals surface area (Å²) >= 11 is 0. The summed E-state index contributed by atoms with van der Waals surface area (Å²) in [4.78, 5) is 18.4. The second-order valence-electron chi connectivity index (χ2n) is 4.21. The molecule has 124 valence electrons. The molecule has 0 unspecified atom stereocenters. The number of anilines is 1. The van der Waals surface area contributed by atoms with Crippen LogP contribution in [0.4, 0.5) is 19.1 Å². The molecular formula is C12H18F3N5O2. The van der Waals surface area contributed by atoms with Crippen molar-refractivity contribution in [2.75, 3.05) is 45.2 Å². The molecule has 0 aliphatic carbocycles. The Morgan fingerprint density at radius 3 is 2.77 bits per heavy atom. The Kier molecular flexibility index (Phi) is 7.54. The molecule has 0 aliphatic rings. The minimum atomic E-state index is -4.51. The van der Waals surface area contributed by atoms with Gasteiger partial charge in [0.15, 0.2) is 0 Å². The van der Waals surface area contributed by atoms with Crippen molar-refractivity contribution in [1.82, 2.24) is 20.6 Å². The van der Waals surface area contributed by atoms with Crippen LogP contribution in [0, 0.1) is 0 Å². The van der Waals surface area contributed by atoms with Gasteiger partial charge in [0, 0.05) is 32.9 Å². The molecule has 0 atom stereocenters. The van der Waals surface area contributed by atoms with E-state index in [1.54, 1.807) is 7.11 Å². The van der Waals surface area contributed by atoms with Gasteiger partial charge in [-0.2, -0.15) is 13.2 Å². The average Bonchev–Trinajstić information content (AvgIpc) is 2.48. The topological polar surface area (TPSA) is 88.2 Å².